The lowest BCUT2D eigenvalue weighted by molar-refractivity contribution is -0.158. The number of amides is 4. The Morgan fingerprint density at radius 3 is 2.67 bits per heavy atom. The Bertz CT molecular complexity index is 1360. The third-order valence-corrected chi connectivity index (χ3v) is 8.84. The minimum absolute atomic E-state index is 0.0737. The molecule has 4 rings (SSSR count). The fraction of sp³-hybridized carbons (Fsp3) is 0.433. The van der Waals surface area contributed by atoms with Gasteiger partial charge in [0.05, 0.1) is 0 Å². The highest BCUT2D eigenvalue weighted by Gasteiger charge is 2.43. The number of pyridine rings is 1. The number of fused-ring (bicyclic) bond motifs is 1. The number of likely N-dealkylation sites (tertiary alicyclic amines) is 1. The van der Waals surface area contributed by atoms with Crippen LogP contribution in [0.1, 0.15) is 63.2 Å². The number of rotatable bonds is 10. The Morgan fingerprint density at radius 2 is 1.98 bits per heavy atom. The van der Waals surface area contributed by atoms with Gasteiger partial charge >= 0.3 is 0 Å². The van der Waals surface area contributed by atoms with E-state index < -0.39 is 20.0 Å². The summed E-state index contributed by atoms with van der Waals surface area (Å²) in [6.07, 6.45) is 4.37. The van der Waals surface area contributed by atoms with Crippen LogP contribution in [-0.2, 0) is 27.3 Å². The molecule has 10 heteroatoms. The van der Waals surface area contributed by atoms with Crippen LogP contribution >= 0.6 is 0 Å². The van der Waals surface area contributed by atoms with Crippen molar-refractivity contribution < 1.29 is 23.9 Å². The van der Waals surface area contributed by atoms with E-state index in [9.17, 15) is 19.2 Å². The van der Waals surface area contributed by atoms with Gasteiger partial charge in [-0.1, -0.05) is 43.6 Å². The number of unbranched alkanes of at least 4 members (excludes halogenated alkanes) is 1. The Morgan fingerprint density at radius 1 is 1.18 bits per heavy atom. The molecule has 2 aliphatic heterocycles. The van der Waals surface area contributed by atoms with Crippen LogP contribution in [0.3, 0.4) is 0 Å². The van der Waals surface area contributed by atoms with Crippen LogP contribution in [0.2, 0.25) is 25.7 Å². The Hall–Kier alpha value is -3.81. The number of hydrogen-bond acceptors (Lipinski definition) is 6. The molecular formula is C30H36N4O5Si. The summed E-state index contributed by atoms with van der Waals surface area (Å²) >= 11 is 0. The Labute approximate surface area is 236 Å². The van der Waals surface area contributed by atoms with Gasteiger partial charge in [0.25, 0.3) is 17.7 Å². The third kappa shape index (κ3) is 7.03. The van der Waals surface area contributed by atoms with E-state index in [1.165, 1.54) is 0 Å². The van der Waals surface area contributed by atoms with Crippen molar-refractivity contribution in [3.8, 4) is 11.8 Å². The number of nitrogens with two attached hydrogens (primary N) is 1. The van der Waals surface area contributed by atoms with E-state index in [1.807, 2.05) is 12.1 Å². The first-order valence-electron chi connectivity index (χ1n) is 13.6. The minimum Gasteiger partial charge on any atom is -0.364 e. The molecule has 2 aliphatic rings. The number of imide groups is 1. The van der Waals surface area contributed by atoms with Gasteiger partial charge in [-0.3, -0.25) is 29.1 Å². The number of primary amides is 1. The average Bonchev–Trinajstić information content (AvgIpc) is 3.24. The van der Waals surface area contributed by atoms with E-state index in [0.29, 0.717) is 25.0 Å². The molecule has 0 aliphatic carbocycles. The van der Waals surface area contributed by atoms with E-state index in [0.717, 1.165) is 40.5 Å². The van der Waals surface area contributed by atoms with Crippen molar-refractivity contribution in [3.63, 3.8) is 0 Å². The van der Waals surface area contributed by atoms with E-state index in [-0.39, 0.29) is 43.1 Å². The zero-order valence-corrected chi connectivity index (χ0v) is 24.4. The minimum atomic E-state index is -1.29. The van der Waals surface area contributed by atoms with E-state index >= 15 is 0 Å². The summed E-state index contributed by atoms with van der Waals surface area (Å²) in [5.74, 6) is 5.00. The van der Waals surface area contributed by atoms with Crippen molar-refractivity contribution in [1.29, 1.82) is 0 Å². The van der Waals surface area contributed by atoms with Crippen LogP contribution in [0, 0.1) is 11.8 Å². The Balaban J connectivity index is 1.36. The van der Waals surface area contributed by atoms with Gasteiger partial charge in [0, 0.05) is 51.4 Å². The zero-order chi connectivity index (χ0) is 28.9. The van der Waals surface area contributed by atoms with Crippen LogP contribution in [0.25, 0.3) is 0 Å². The molecule has 2 N–H and O–H groups in total. The van der Waals surface area contributed by atoms with Gasteiger partial charge in [0.2, 0.25) is 5.91 Å². The molecule has 0 saturated carbocycles. The maximum absolute atomic E-state index is 13.3. The lowest BCUT2D eigenvalue weighted by Gasteiger charge is -2.35. The first kappa shape index (κ1) is 29.2. The van der Waals surface area contributed by atoms with Crippen molar-refractivity contribution in [2.75, 3.05) is 13.3 Å². The molecule has 0 bridgehead atoms. The van der Waals surface area contributed by atoms with Gasteiger partial charge < -0.3 is 15.4 Å². The molecule has 1 unspecified atom stereocenters. The summed E-state index contributed by atoms with van der Waals surface area (Å²) < 4.78 is 5.69. The SMILES string of the molecule is C[Si](C)(C)CCOCN1C(=O)CCC(N2Cc3c(C#CCCCc4ccc(C(N)=O)nc4)cccc3C2=O)C1=O. The largest absolute Gasteiger partial charge is 0.364 e. The van der Waals surface area contributed by atoms with E-state index in [4.69, 9.17) is 10.5 Å². The highest BCUT2D eigenvalue weighted by molar-refractivity contribution is 6.76. The second kappa shape index (κ2) is 12.6. The first-order chi connectivity index (χ1) is 19.0. The van der Waals surface area contributed by atoms with Gasteiger partial charge in [-0.2, -0.15) is 0 Å². The average molecular weight is 561 g/mol. The maximum Gasteiger partial charge on any atom is 0.267 e. The number of carbonyl (C=O) groups excluding carboxylic acids is 4. The second-order valence-electron chi connectivity index (χ2n) is 11.4. The van der Waals surface area contributed by atoms with E-state index in [2.05, 4.69) is 36.5 Å². The van der Waals surface area contributed by atoms with Gasteiger partial charge in [0.15, 0.2) is 0 Å². The topological polar surface area (TPSA) is 123 Å². The summed E-state index contributed by atoms with van der Waals surface area (Å²) in [7, 11) is -1.29. The van der Waals surface area contributed by atoms with Crippen LogP contribution in [-0.4, -0.2) is 65.9 Å². The molecule has 1 fully saturated rings. The van der Waals surface area contributed by atoms with Crippen LogP contribution < -0.4 is 5.73 Å². The first-order valence-corrected chi connectivity index (χ1v) is 17.3. The maximum atomic E-state index is 13.3. The van der Waals surface area contributed by atoms with Crippen molar-refractivity contribution in [2.45, 2.75) is 70.4 Å². The molecule has 1 saturated heterocycles. The number of nitrogens with zero attached hydrogens (tertiary/aromatic N) is 3. The summed E-state index contributed by atoms with van der Waals surface area (Å²) in [6.45, 7) is 7.44. The Kier molecular flexibility index (Phi) is 9.17. The number of carbonyl (C=O) groups is 4. The number of ether oxygens (including phenoxy) is 1. The molecule has 1 aromatic carbocycles. The molecule has 1 atom stereocenters. The normalized spacial score (nSPS) is 17.1. The molecule has 1 aromatic heterocycles. The monoisotopic (exact) mass is 560 g/mol. The quantitative estimate of drug-likeness (QED) is 0.206. The predicted molar refractivity (Wildman–Crippen MR) is 153 cm³/mol. The predicted octanol–water partition coefficient (Wildman–Crippen LogP) is 3.34. The number of piperidine rings is 1. The van der Waals surface area contributed by atoms with Gasteiger partial charge in [-0.25, -0.2) is 0 Å². The highest BCUT2D eigenvalue weighted by Crippen LogP contribution is 2.31. The number of aromatic nitrogens is 1. The number of benzene rings is 1. The molecular weight excluding hydrogens is 524 g/mol. The molecule has 9 nitrogen and oxygen atoms in total. The lowest BCUT2D eigenvalue weighted by atomic mass is 10.0. The summed E-state index contributed by atoms with van der Waals surface area (Å²) in [5.41, 5.74) is 8.60. The van der Waals surface area contributed by atoms with Crippen LogP contribution in [0.5, 0.6) is 0 Å². The molecule has 2 aromatic rings. The summed E-state index contributed by atoms with van der Waals surface area (Å²) in [5, 5.41) is 0. The van der Waals surface area contributed by atoms with Crippen molar-refractivity contribution in [3.05, 3.63) is 64.5 Å². The van der Waals surface area contributed by atoms with E-state index in [1.54, 1.807) is 29.3 Å². The number of aryl methyl sites for hydroxylation is 1. The molecule has 210 valence electrons. The van der Waals surface area contributed by atoms with Crippen LogP contribution in [0.15, 0.2) is 36.5 Å². The smallest absolute Gasteiger partial charge is 0.267 e. The molecule has 0 radical (unpaired) electrons. The van der Waals surface area contributed by atoms with Gasteiger partial charge in [-0.05, 0) is 54.6 Å². The highest BCUT2D eigenvalue weighted by atomic mass is 28.3. The molecule has 0 spiro atoms. The zero-order valence-electron chi connectivity index (χ0n) is 23.4. The van der Waals surface area contributed by atoms with Crippen molar-refractivity contribution in [1.82, 2.24) is 14.8 Å². The van der Waals surface area contributed by atoms with Crippen molar-refractivity contribution in [2.24, 2.45) is 5.73 Å². The fourth-order valence-electron chi connectivity index (χ4n) is 4.76. The summed E-state index contributed by atoms with van der Waals surface area (Å²) in [6, 6.07) is 9.16. The number of hydrogen-bond donors (Lipinski definition) is 1. The molecule has 3 heterocycles. The second-order valence-corrected chi connectivity index (χ2v) is 17.0. The van der Waals surface area contributed by atoms with Gasteiger partial charge in [0.1, 0.15) is 18.5 Å². The molecule has 4 amide bonds. The van der Waals surface area contributed by atoms with Crippen molar-refractivity contribution >= 4 is 31.7 Å². The van der Waals surface area contributed by atoms with Crippen LogP contribution in [0.4, 0.5) is 0 Å². The summed E-state index contributed by atoms with van der Waals surface area (Å²) in [4.78, 5) is 57.1. The lowest BCUT2D eigenvalue weighted by Crippen LogP contribution is -2.55. The molecule has 40 heavy (non-hydrogen) atoms. The van der Waals surface area contributed by atoms with Gasteiger partial charge in [-0.15, -0.1) is 0 Å². The standard InChI is InChI=1S/C30H36N4O5Si/c1-40(2,3)17-16-39-20-34-27(35)15-14-26(30(34)38)33-19-24-22(10-7-11-23(24)29(33)37)9-6-4-5-8-21-12-13-25(28(31)36)32-18-21/h7,10-13,18,26H,4-5,8,14-17,19-20H2,1-3H3,(H2,31,36). The third-order valence-electron chi connectivity index (χ3n) is 7.14. The fourth-order valence-corrected chi connectivity index (χ4v) is 5.52.